The molecule has 4 aromatic rings. The van der Waals surface area contributed by atoms with Crippen LogP contribution in [-0.2, 0) is 12.7 Å². The van der Waals surface area contributed by atoms with E-state index in [1.165, 1.54) is 23.6 Å². The standard InChI is InChI=1S/C24H11F8N3O2S/c25-14-4-1-13(18(26)7-14)10-35-20(8-17(23(27,28)29)16(9-33)22(35)36)19-11-38-21(34-19)12-2-5-15(6-3-12)37-24(30,31)32/h1-8,11H,10H2. The fourth-order valence-electron chi connectivity index (χ4n) is 3.49. The molecule has 4 rings (SSSR count). The first-order valence-corrected chi connectivity index (χ1v) is 11.2. The number of halogens is 8. The first kappa shape index (κ1) is 26.8. The summed E-state index contributed by atoms with van der Waals surface area (Å²) >= 11 is 0.906. The Morgan fingerprint density at radius 3 is 2.26 bits per heavy atom. The maximum atomic E-state index is 14.3. The van der Waals surface area contributed by atoms with Crippen LogP contribution in [0.25, 0.3) is 22.0 Å². The Hall–Kier alpha value is -4.25. The Bertz CT molecular complexity index is 1600. The van der Waals surface area contributed by atoms with Gasteiger partial charge in [0, 0.05) is 22.6 Å². The second-order valence-electron chi connectivity index (χ2n) is 7.66. The number of aromatic nitrogens is 2. The third kappa shape index (κ3) is 5.67. The molecule has 0 N–H and O–H groups in total. The molecular weight excluding hydrogens is 546 g/mol. The van der Waals surface area contributed by atoms with E-state index in [1.807, 2.05) is 0 Å². The van der Waals surface area contributed by atoms with Gasteiger partial charge in [0.05, 0.1) is 23.5 Å². The van der Waals surface area contributed by atoms with Crippen LogP contribution in [0.15, 0.2) is 58.7 Å². The Kier molecular flexibility index (Phi) is 6.98. The number of nitriles is 1. The smallest absolute Gasteiger partial charge is 0.406 e. The highest BCUT2D eigenvalue weighted by Crippen LogP contribution is 2.36. The van der Waals surface area contributed by atoms with Gasteiger partial charge in [0.2, 0.25) is 0 Å². The average Bonchev–Trinajstić information content (AvgIpc) is 3.30. The Morgan fingerprint density at radius 1 is 1.00 bits per heavy atom. The number of benzene rings is 2. The molecule has 0 atom stereocenters. The van der Waals surface area contributed by atoms with E-state index in [0.717, 1.165) is 35.6 Å². The van der Waals surface area contributed by atoms with Gasteiger partial charge in [-0.2, -0.15) is 18.4 Å². The highest BCUT2D eigenvalue weighted by atomic mass is 32.1. The van der Waals surface area contributed by atoms with E-state index >= 15 is 0 Å². The summed E-state index contributed by atoms with van der Waals surface area (Å²) in [6.45, 7) is -0.649. The summed E-state index contributed by atoms with van der Waals surface area (Å²) in [5.41, 5.74) is -4.64. The number of rotatable bonds is 5. The van der Waals surface area contributed by atoms with E-state index in [0.29, 0.717) is 22.3 Å². The molecule has 0 aliphatic rings. The predicted octanol–water partition coefficient (Wildman–Crippen LogP) is 6.75. The normalized spacial score (nSPS) is 11.9. The molecule has 0 aliphatic heterocycles. The molecule has 5 nitrogen and oxygen atoms in total. The molecule has 0 fully saturated rings. The highest BCUT2D eigenvalue weighted by Gasteiger charge is 2.37. The van der Waals surface area contributed by atoms with E-state index < -0.39 is 58.8 Å². The molecule has 0 radical (unpaired) electrons. The zero-order chi connectivity index (χ0) is 27.8. The average molecular weight is 557 g/mol. The fraction of sp³-hybridized carbons (Fsp3) is 0.125. The van der Waals surface area contributed by atoms with Crippen molar-refractivity contribution in [3.05, 3.63) is 92.6 Å². The maximum absolute atomic E-state index is 14.3. The lowest BCUT2D eigenvalue weighted by atomic mass is 10.1. The van der Waals surface area contributed by atoms with Gasteiger partial charge in [-0.05, 0) is 36.4 Å². The maximum Gasteiger partial charge on any atom is 0.573 e. The summed E-state index contributed by atoms with van der Waals surface area (Å²) in [6, 6.07) is 8.70. The summed E-state index contributed by atoms with van der Waals surface area (Å²) in [4.78, 5) is 17.2. The number of ether oxygens (including phenoxy) is 1. The van der Waals surface area contributed by atoms with Crippen LogP contribution in [-0.4, -0.2) is 15.9 Å². The van der Waals surface area contributed by atoms with Crippen LogP contribution in [0.1, 0.15) is 16.7 Å². The van der Waals surface area contributed by atoms with Crippen LogP contribution in [0, 0.1) is 23.0 Å². The number of alkyl halides is 6. The largest absolute Gasteiger partial charge is 0.573 e. The van der Waals surface area contributed by atoms with Crippen molar-refractivity contribution < 1.29 is 39.9 Å². The lowest BCUT2D eigenvalue weighted by molar-refractivity contribution is -0.274. The summed E-state index contributed by atoms with van der Waals surface area (Å²) < 4.78 is 110. The summed E-state index contributed by atoms with van der Waals surface area (Å²) in [6.07, 6.45) is -10.00. The zero-order valence-electron chi connectivity index (χ0n) is 18.5. The van der Waals surface area contributed by atoms with Gasteiger partial charge in [0.25, 0.3) is 5.56 Å². The lowest BCUT2D eigenvalue weighted by Crippen LogP contribution is -2.29. The van der Waals surface area contributed by atoms with Crippen LogP contribution in [0.4, 0.5) is 35.1 Å². The third-order valence-electron chi connectivity index (χ3n) is 5.16. The van der Waals surface area contributed by atoms with Crippen LogP contribution < -0.4 is 10.3 Å². The van der Waals surface area contributed by atoms with Crippen molar-refractivity contribution in [3.8, 4) is 33.8 Å². The van der Waals surface area contributed by atoms with Gasteiger partial charge in [-0.3, -0.25) is 4.79 Å². The highest BCUT2D eigenvalue weighted by molar-refractivity contribution is 7.13. The van der Waals surface area contributed by atoms with Gasteiger partial charge in [0.1, 0.15) is 34.0 Å². The Balaban J connectivity index is 1.83. The minimum atomic E-state index is -5.09. The van der Waals surface area contributed by atoms with Crippen molar-refractivity contribution in [2.24, 2.45) is 0 Å². The predicted molar refractivity (Wildman–Crippen MR) is 119 cm³/mol. The van der Waals surface area contributed by atoms with Gasteiger partial charge in [-0.15, -0.1) is 24.5 Å². The van der Waals surface area contributed by atoms with Crippen LogP contribution >= 0.6 is 11.3 Å². The summed E-state index contributed by atoms with van der Waals surface area (Å²) in [5, 5.41) is 10.7. The Labute approximate surface area is 211 Å². The minimum Gasteiger partial charge on any atom is -0.406 e. The molecule has 0 saturated carbocycles. The second-order valence-corrected chi connectivity index (χ2v) is 8.52. The monoisotopic (exact) mass is 557 g/mol. The molecule has 2 heterocycles. The van der Waals surface area contributed by atoms with Crippen molar-refractivity contribution in [1.82, 2.24) is 9.55 Å². The van der Waals surface area contributed by atoms with Crippen LogP contribution in [0.2, 0.25) is 0 Å². The molecule has 38 heavy (non-hydrogen) atoms. The molecule has 2 aromatic heterocycles. The molecule has 0 aliphatic carbocycles. The number of pyridine rings is 1. The molecule has 0 amide bonds. The van der Waals surface area contributed by atoms with E-state index in [4.69, 9.17) is 0 Å². The molecule has 196 valence electrons. The van der Waals surface area contributed by atoms with Gasteiger partial charge in [-0.1, -0.05) is 6.07 Å². The van der Waals surface area contributed by atoms with Crippen LogP contribution in [0.5, 0.6) is 5.75 Å². The van der Waals surface area contributed by atoms with Crippen molar-refractivity contribution in [2.45, 2.75) is 19.1 Å². The summed E-state index contributed by atoms with van der Waals surface area (Å²) in [7, 11) is 0. The molecule has 14 heteroatoms. The number of hydrogen-bond donors (Lipinski definition) is 0. The van der Waals surface area contributed by atoms with Gasteiger partial charge < -0.3 is 9.30 Å². The van der Waals surface area contributed by atoms with E-state index in [1.54, 1.807) is 0 Å². The first-order valence-electron chi connectivity index (χ1n) is 10.3. The number of hydrogen-bond acceptors (Lipinski definition) is 5. The molecule has 0 saturated heterocycles. The number of nitrogens with zero attached hydrogens (tertiary/aromatic N) is 3. The topological polar surface area (TPSA) is 67.9 Å². The second kappa shape index (κ2) is 9.90. The van der Waals surface area contributed by atoms with Crippen LogP contribution in [0.3, 0.4) is 0 Å². The molecule has 2 aromatic carbocycles. The molecule has 0 unspecified atom stereocenters. The summed E-state index contributed by atoms with van der Waals surface area (Å²) in [5.74, 6) is -2.49. The van der Waals surface area contributed by atoms with Gasteiger partial charge >= 0.3 is 12.5 Å². The zero-order valence-corrected chi connectivity index (χ0v) is 19.3. The SMILES string of the molecule is N#Cc1c(C(F)(F)F)cc(-c2csc(-c3ccc(OC(F)(F)F)cc3)n2)n(Cc2ccc(F)cc2F)c1=O. The molecular formula is C24H11F8N3O2S. The van der Waals surface area contributed by atoms with E-state index in [-0.39, 0.29) is 16.3 Å². The lowest BCUT2D eigenvalue weighted by Gasteiger charge is -2.17. The molecule has 0 bridgehead atoms. The quantitative estimate of drug-likeness (QED) is 0.255. The van der Waals surface area contributed by atoms with Gasteiger partial charge in [-0.25, -0.2) is 13.8 Å². The fourth-order valence-corrected chi connectivity index (χ4v) is 4.31. The van der Waals surface area contributed by atoms with Crippen molar-refractivity contribution in [1.29, 1.82) is 5.26 Å². The third-order valence-corrected chi connectivity index (χ3v) is 6.05. The minimum absolute atomic E-state index is 0.157. The first-order chi connectivity index (χ1) is 17.8. The number of thiazole rings is 1. The van der Waals surface area contributed by atoms with Gasteiger partial charge in [0.15, 0.2) is 0 Å². The van der Waals surface area contributed by atoms with E-state index in [9.17, 15) is 45.2 Å². The van der Waals surface area contributed by atoms with E-state index in [2.05, 4.69) is 9.72 Å². The van der Waals surface area contributed by atoms with Crippen molar-refractivity contribution in [2.75, 3.05) is 0 Å². The van der Waals surface area contributed by atoms with Crippen molar-refractivity contribution in [3.63, 3.8) is 0 Å². The molecule has 0 spiro atoms. The Morgan fingerprint density at radius 2 is 1.68 bits per heavy atom. The van der Waals surface area contributed by atoms with Crippen molar-refractivity contribution >= 4 is 11.3 Å².